The third kappa shape index (κ3) is 5.01. The fourth-order valence-electron chi connectivity index (χ4n) is 2.89. The molecule has 1 N–H and O–H groups in total. The number of aromatic hydroxyl groups is 1. The van der Waals surface area contributed by atoms with Crippen LogP contribution in [-0.2, 0) is 4.79 Å². The number of hydrogen-bond acceptors (Lipinski definition) is 5. The van der Waals surface area contributed by atoms with Crippen molar-refractivity contribution in [2.75, 3.05) is 0 Å². The van der Waals surface area contributed by atoms with E-state index in [0.29, 0.717) is 39.1 Å². The summed E-state index contributed by atoms with van der Waals surface area (Å²) < 4.78 is 11.0. The molecule has 0 saturated carbocycles. The smallest absolute Gasteiger partial charge is 0.311 e. The van der Waals surface area contributed by atoms with Crippen LogP contribution in [0.5, 0.6) is 11.5 Å². The fraction of sp³-hybridized carbons (Fsp3) is 0.273. The Labute approximate surface area is 171 Å². The standard InChI is InChI=1S/C22H21BrO5/c1-14(23)4-2-3-5-21(25)28-17-10-11-18-20(12-17)27-13-19(22(18)26)15-6-8-16(24)9-7-15/h6-14,24H,2-5H2,1H3. The largest absolute Gasteiger partial charge is 0.508 e. The number of phenolic OH excluding ortho intramolecular Hbond substituents is 1. The number of hydrogen-bond donors (Lipinski definition) is 1. The summed E-state index contributed by atoms with van der Waals surface area (Å²) in [5, 5.41) is 9.79. The van der Waals surface area contributed by atoms with Crippen molar-refractivity contribution in [3.63, 3.8) is 0 Å². The Morgan fingerprint density at radius 3 is 2.64 bits per heavy atom. The first kappa shape index (κ1) is 20.1. The summed E-state index contributed by atoms with van der Waals surface area (Å²) in [5.41, 5.74) is 1.22. The molecule has 1 aromatic heterocycles. The van der Waals surface area contributed by atoms with Crippen molar-refractivity contribution in [2.24, 2.45) is 0 Å². The van der Waals surface area contributed by atoms with E-state index in [2.05, 4.69) is 22.9 Å². The van der Waals surface area contributed by atoms with Gasteiger partial charge >= 0.3 is 5.97 Å². The molecule has 146 valence electrons. The second kappa shape index (κ2) is 9.06. The quantitative estimate of drug-likeness (QED) is 0.228. The van der Waals surface area contributed by atoms with Gasteiger partial charge in [0, 0.05) is 17.3 Å². The first-order valence-electron chi connectivity index (χ1n) is 9.14. The van der Waals surface area contributed by atoms with Crippen molar-refractivity contribution in [3.05, 3.63) is 59.0 Å². The molecule has 0 fully saturated rings. The molecule has 28 heavy (non-hydrogen) atoms. The van der Waals surface area contributed by atoms with Crippen LogP contribution in [0.15, 0.2) is 57.9 Å². The number of alkyl halides is 1. The first-order chi connectivity index (χ1) is 13.4. The van der Waals surface area contributed by atoms with Crippen molar-refractivity contribution in [3.8, 4) is 22.6 Å². The van der Waals surface area contributed by atoms with Crippen molar-refractivity contribution >= 4 is 32.9 Å². The molecule has 1 heterocycles. The molecule has 0 amide bonds. The highest BCUT2D eigenvalue weighted by Crippen LogP contribution is 2.24. The lowest BCUT2D eigenvalue weighted by molar-refractivity contribution is -0.134. The average molecular weight is 445 g/mol. The predicted octanol–water partition coefficient (Wildman–Crippen LogP) is 5.41. The molecule has 6 heteroatoms. The average Bonchev–Trinajstić information content (AvgIpc) is 2.66. The minimum absolute atomic E-state index is 0.127. The van der Waals surface area contributed by atoms with Gasteiger partial charge in [0.25, 0.3) is 0 Å². The number of benzene rings is 2. The number of rotatable bonds is 7. The van der Waals surface area contributed by atoms with Crippen LogP contribution in [0.25, 0.3) is 22.1 Å². The Morgan fingerprint density at radius 1 is 1.18 bits per heavy atom. The molecular weight excluding hydrogens is 424 g/mol. The number of halogens is 1. The lowest BCUT2D eigenvalue weighted by Gasteiger charge is -2.07. The summed E-state index contributed by atoms with van der Waals surface area (Å²) in [4.78, 5) is 25.2. The maximum Gasteiger partial charge on any atom is 0.311 e. The molecule has 1 atom stereocenters. The van der Waals surface area contributed by atoms with Crippen molar-refractivity contribution in [1.29, 1.82) is 0 Å². The number of unbranched alkanes of at least 4 members (excludes halogenated alkanes) is 1. The Morgan fingerprint density at radius 2 is 1.93 bits per heavy atom. The van der Waals surface area contributed by atoms with Crippen LogP contribution in [0.2, 0.25) is 0 Å². The summed E-state index contributed by atoms with van der Waals surface area (Å²) in [6, 6.07) is 11.1. The summed E-state index contributed by atoms with van der Waals surface area (Å²) in [6.07, 6.45) is 4.46. The lowest BCUT2D eigenvalue weighted by Crippen LogP contribution is -2.09. The number of carbonyl (C=O) groups excluding carboxylic acids is 1. The van der Waals surface area contributed by atoms with Gasteiger partial charge in [-0.1, -0.05) is 41.4 Å². The molecule has 5 nitrogen and oxygen atoms in total. The van der Waals surface area contributed by atoms with Gasteiger partial charge < -0.3 is 14.3 Å². The van der Waals surface area contributed by atoms with Gasteiger partial charge in [0.2, 0.25) is 0 Å². The van der Waals surface area contributed by atoms with Crippen LogP contribution >= 0.6 is 15.9 Å². The Bertz CT molecular complexity index is 1020. The molecule has 0 radical (unpaired) electrons. The zero-order valence-corrected chi connectivity index (χ0v) is 17.1. The molecule has 2 aromatic carbocycles. The van der Waals surface area contributed by atoms with Gasteiger partial charge in [-0.05, 0) is 42.7 Å². The van der Waals surface area contributed by atoms with Crippen LogP contribution < -0.4 is 10.2 Å². The highest BCUT2D eigenvalue weighted by Gasteiger charge is 2.12. The summed E-state index contributed by atoms with van der Waals surface area (Å²) in [6.45, 7) is 2.08. The number of phenols is 1. The number of ether oxygens (including phenoxy) is 1. The molecule has 1 unspecified atom stereocenters. The molecule has 3 aromatic rings. The SMILES string of the molecule is CC(Br)CCCCC(=O)Oc1ccc2c(=O)c(-c3ccc(O)cc3)coc2c1. The monoisotopic (exact) mass is 444 g/mol. The third-order valence-corrected chi connectivity index (χ3v) is 4.85. The fourth-order valence-corrected chi connectivity index (χ4v) is 3.21. The number of fused-ring (bicyclic) bond motifs is 1. The zero-order chi connectivity index (χ0) is 20.1. The normalized spacial score (nSPS) is 12.1. The van der Waals surface area contributed by atoms with Gasteiger partial charge in [0.15, 0.2) is 5.43 Å². The van der Waals surface area contributed by atoms with Crippen LogP contribution in [0.3, 0.4) is 0 Å². The van der Waals surface area contributed by atoms with Gasteiger partial charge in [0.05, 0.1) is 10.9 Å². The van der Waals surface area contributed by atoms with Crippen LogP contribution in [0, 0.1) is 0 Å². The Balaban J connectivity index is 1.74. The molecule has 0 spiro atoms. The molecule has 0 aliphatic rings. The van der Waals surface area contributed by atoms with Crippen molar-refractivity contribution < 1.29 is 19.1 Å². The van der Waals surface area contributed by atoms with E-state index < -0.39 is 0 Å². The van der Waals surface area contributed by atoms with Crippen LogP contribution in [-0.4, -0.2) is 15.9 Å². The summed E-state index contributed by atoms with van der Waals surface area (Å²) >= 11 is 3.48. The topological polar surface area (TPSA) is 76.7 Å². The minimum Gasteiger partial charge on any atom is -0.508 e. The van der Waals surface area contributed by atoms with Gasteiger partial charge in [-0.15, -0.1) is 0 Å². The molecule has 0 saturated heterocycles. The molecule has 0 aliphatic heterocycles. The van der Waals surface area contributed by atoms with Crippen molar-refractivity contribution in [1.82, 2.24) is 0 Å². The molecule has 3 rings (SSSR count). The van der Waals surface area contributed by atoms with E-state index in [4.69, 9.17) is 9.15 Å². The zero-order valence-electron chi connectivity index (χ0n) is 15.5. The van der Waals surface area contributed by atoms with Gasteiger partial charge in [-0.2, -0.15) is 0 Å². The van der Waals surface area contributed by atoms with E-state index in [1.165, 1.54) is 18.4 Å². The summed E-state index contributed by atoms with van der Waals surface area (Å²) in [5.74, 6) is 0.179. The highest BCUT2D eigenvalue weighted by molar-refractivity contribution is 9.09. The molecule has 0 aliphatic carbocycles. The predicted molar refractivity (Wildman–Crippen MR) is 112 cm³/mol. The molecular formula is C22H21BrO5. The van der Waals surface area contributed by atoms with Crippen LogP contribution in [0.1, 0.15) is 32.6 Å². The number of carbonyl (C=O) groups is 1. The van der Waals surface area contributed by atoms with Gasteiger partial charge in [-0.25, -0.2) is 0 Å². The lowest BCUT2D eigenvalue weighted by atomic mass is 10.1. The summed E-state index contributed by atoms with van der Waals surface area (Å²) in [7, 11) is 0. The second-order valence-corrected chi connectivity index (χ2v) is 8.25. The van der Waals surface area contributed by atoms with Gasteiger partial charge in [0.1, 0.15) is 23.3 Å². The van der Waals surface area contributed by atoms with E-state index >= 15 is 0 Å². The van der Waals surface area contributed by atoms with E-state index in [1.54, 1.807) is 30.3 Å². The first-order valence-corrected chi connectivity index (χ1v) is 10.1. The van der Waals surface area contributed by atoms with Crippen molar-refractivity contribution in [2.45, 2.75) is 37.4 Å². The highest BCUT2D eigenvalue weighted by atomic mass is 79.9. The Kier molecular flexibility index (Phi) is 6.52. The maximum atomic E-state index is 12.7. The second-order valence-electron chi connectivity index (χ2n) is 6.68. The number of esters is 1. The molecule has 0 bridgehead atoms. The Hall–Kier alpha value is -2.60. The van der Waals surface area contributed by atoms with Gasteiger partial charge in [-0.3, -0.25) is 9.59 Å². The van der Waals surface area contributed by atoms with Crippen LogP contribution in [0.4, 0.5) is 0 Å². The maximum absolute atomic E-state index is 12.7. The minimum atomic E-state index is -0.301. The van der Waals surface area contributed by atoms with E-state index in [1.807, 2.05) is 0 Å². The third-order valence-electron chi connectivity index (χ3n) is 4.39. The van der Waals surface area contributed by atoms with E-state index in [0.717, 1.165) is 19.3 Å². The van der Waals surface area contributed by atoms with E-state index in [9.17, 15) is 14.7 Å². The van der Waals surface area contributed by atoms with E-state index in [-0.39, 0.29) is 17.1 Å².